The third-order valence-electron chi connectivity index (χ3n) is 4.54. The maximum atomic E-state index is 12.7. The average molecular weight is 584 g/mol. The van der Waals surface area contributed by atoms with Crippen molar-refractivity contribution in [3.8, 4) is 17.6 Å². The summed E-state index contributed by atoms with van der Waals surface area (Å²) >= 11 is 15.4. The first-order valence-corrected chi connectivity index (χ1v) is 12.2. The molecular weight excluding hydrogens is 559 g/mol. The number of carbonyl (C=O) groups is 2. The quantitative estimate of drug-likeness (QED) is 0.282. The van der Waals surface area contributed by atoms with E-state index in [1.54, 1.807) is 37.3 Å². The van der Waals surface area contributed by atoms with Gasteiger partial charge in [-0.15, -0.1) is 0 Å². The third kappa shape index (κ3) is 9.40. The molecule has 2 aromatic carbocycles. The fraction of sp³-hybridized carbons (Fsp3) is 0.333. The van der Waals surface area contributed by atoms with Crippen LogP contribution in [0.2, 0.25) is 10.0 Å². The fourth-order valence-electron chi connectivity index (χ4n) is 2.88. The summed E-state index contributed by atoms with van der Waals surface area (Å²) in [5.74, 6) is 0.0201. The summed E-state index contributed by atoms with van der Waals surface area (Å²) in [7, 11) is 0. The average Bonchev–Trinajstić information content (AvgIpc) is 2.79. The minimum absolute atomic E-state index is 0.0680. The molecule has 0 aliphatic rings. The number of carbonyl (C=O) groups excluding carboxylic acids is 2. The van der Waals surface area contributed by atoms with Crippen LogP contribution < -0.4 is 20.2 Å². The number of nitrogens with zero attached hydrogens (tertiary/aromatic N) is 2. The molecule has 0 radical (unpaired) electrons. The highest BCUT2D eigenvalue weighted by molar-refractivity contribution is 9.10. The van der Waals surface area contributed by atoms with Crippen LogP contribution in [-0.4, -0.2) is 36.8 Å². The molecule has 0 aliphatic carbocycles. The zero-order valence-corrected chi connectivity index (χ0v) is 22.4. The van der Waals surface area contributed by atoms with E-state index in [2.05, 4.69) is 31.8 Å². The summed E-state index contributed by atoms with van der Waals surface area (Å²) in [4.78, 5) is 25.4. The summed E-state index contributed by atoms with van der Waals surface area (Å²) in [6.07, 6.45) is 0.954. The number of nitrogens with one attached hydrogen (secondary N) is 2. The highest BCUT2D eigenvalue weighted by atomic mass is 79.9. The molecule has 0 spiro atoms. The van der Waals surface area contributed by atoms with Crippen molar-refractivity contribution in [3.05, 3.63) is 56.5 Å². The SMILES string of the molecule is CC(C)C[C@@H](NC(=O)[C@H](C)Oc1ccc(Cl)cc1Cl)C(=O)N/N=C\c1ccc(OCC#N)c(Br)c1. The van der Waals surface area contributed by atoms with Gasteiger partial charge in [-0.2, -0.15) is 10.4 Å². The first-order chi connectivity index (χ1) is 16.6. The van der Waals surface area contributed by atoms with Gasteiger partial charge in [0.15, 0.2) is 12.7 Å². The molecule has 8 nitrogen and oxygen atoms in total. The number of ether oxygens (including phenoxy) is 2. The van der Waals surface area contributed by atoms with Gasteiger partial charge >= 0.3 is 0 Å². The molecular formula is C24H25BrCl2N4O4. The Morgan fingerprint density at radius 3 is 2.49 bits per heavy atom. The van der Waals surface area contributed by atoms with Crippen molar-refractivity contribution in [1.82, 2.24) is 10.7 Å². The van der Waals surface area contributed by atoms with E-state index in [1.165, 1.54) is 12.3 Å². The van der Waals surface area contributed by atoms with E-state index in [4.69, 9.17) is 37.9 Å². The van der Waals surface area contributed by atoms with Gasteiger partial charge in [-0.1, -0.05) is 37.0 Å². The van der Waals surface area contributed by atoms with Crippen molar-refractivity contribution in [1.29, 1.82) is 5.26 Å². The number of hydrogen-bond donors (Lipinski definition) is 2. The molecule has 2 aromatic rings. The molecule has 186 valence electrons. The number of halogens is 3. The van der Waals surface area contributed by atoms with Crippen LogP contribution in [0.25, 0.3) is 0 Å². The molecule has 0 heterocycles. The Kier molecular flexibility index (Phi) is 11.3. The number of hydrazone groups is 1. The van der Waals surface area contributed by atoms with Crippen molar-refractivity contribution in [2.24, 2.45) is 11.0 Å². The van der Waals surface area contributed by atoms with Crippen LogP contribution in [0.4, 0.5) is 0 Å². The highest BCUT2D eigenvalue weighted by Crippen LogP contribution is 2.28. The number of rotatable bonds is 11. The van der Waals surface area contributed by atoms with Crippen LogP contribution in [-0.2, 0) is 9.59 Å². The van der Waals surface area contributed by atoms with E-state index >= 15 is 0 Å². The Morgan fingerprint density at radius 1 is 1.14 bits per heavy atom. The number of amides is 2. The van der Waals surface area contributed by atoms with Crippen molar-refractivity contribution in [3.63, 3.8) is 0 Å². The first-order valence-electron chi connectivity index (χ1n) is 10.6. The monoisotopic (exact) mass is 582 g/mol. The second-order valence-corrected chi connectivity index (χ2v) is 9.59. The number of nitriles is 1. The van der Waals surface area contributed by atoms with Gasteiger partial charge in [0, 0.05) is 5.02 Å². The lowest BCUT2D eigenvalue weighted by Gasteiger charge is -2.22. The van der Waals surface area contributed by atoms with Gasteiger partial charge in [-0.05, 0) is 77.2 Å². The van der Waals surface area contributed by atoms with Crippen LogP contribution in [0.15, 0.2) is 46.0 Å². The molecule has 0 fully saturated rings. The molecule has 11 heteroatoms. The van der Waals surface area contributed by atoms with E-state index in [1.807, 2.05) is 19.9 Å². The standard InChI is InChI=1S/C24H25BrCl2N4O4/c1-14(2)10-20(30-23(32)15(3)35-22-7-5-17(26)12-19(22)27)24(33)31-29-13-16-4-6-21(18(25)11-16)34-9-8-28/h4-7,11-15,20H,9-10H2,1-3H3,(H,30,32)(H,31,33)/b29-13-/t15-,20+/m0/s1. The van der Waals surface area contributed by atoms with Gasteiger partial charge in [0.05, 0.1) is 15.7 Å². The predicted molar refractivity (Wildman–Crippen MR) is 139 cm³/mol. The molecule has 0 aromatic heterocycles. The second-order valence-electron chi connectivity index (χ2n) is 7.90. The molecule has 2 rings (SSSR count). The van der Waals surface area contributed by atoms with Crippen LogP contribution in [0.3, 0.4) is 0 Å². The minimum atomic E-state index is -0.904. The normalized spacial score (nSPS) is 12.6. The highest BCUT2D eigenvalue weighted by Gasteiger charge is 2.25. The lowest BCUT2D eigenvalue weighted by atomic mass is 10.0. The summed E-state index contributed by atoms with van der Waals surface area (Å²) in [6, 6.07) is 10.9. The molecule has 2 N–H and O–H groups in total. The van der Waals surface area contributed by atoms with Gasteiger partial charge in [0.2, 0.25) is 0 Å². The van der Waals surface area contributed by atoms with E-state index < -0.39 is 24.0 Å². The predicted octanol–water partition coefficient (Wildman–Crippen LogP) is 5.11. The summed E-state index contributed by atoms with van der Waals surface area (Å²) < 4.78 is 11.5. The van der Waals surface area contributed by atoms with E-state index in [0.717, 1.165) is 0 Å². The number of hydrogen-bond acceptors (Lipinski definition) is 6. The maximum absolute atomic E-state index is 12.7. The molecule has 0 bridgehead atoms. The van der Waals surface area contributed by atoms with Gasteiger partial charge in [-0.3, -0.25) is 9.59 Å². The van der Waals surface area contributed by atoms with Crippen LogP contribution in [0.1, 0.15) is 32.8 Å². The van der Waals surface area contributed by atoms with Gasteiger partial charge in [-0.25, -0.2) is 5.43 Å². The molecule has 35 heavy (non-hydrogen) atoms. The van der Waals surface area contributed by atoms with Crippen LogP contribution in [0, 0.1) is 17.2 Å². The molecule has 2 amide bonds. The zero-order chi connectivity index (χ0) is 26.0. The maximum Gasteiger partial charge on any atom is 0.262 e. The van der Waals surface area contributed by atoms with Gasteiger partial charge < -0.3 is 14.8 Å². The summed E-state index contributed by atoms with van der Waals surface area (Å²) in [5.41, 5.74) is 3.15. The Hall–Kier alpha value is -2.80. The van der Waals surface area contributed by atoms with E-state index in [-0.39, 0.29) is 17.5 Å². The summed E-state index contributed by atoms with van der Waals surface area (Å²) in [5, 5.41) is 16.0. The molecule has 0 unspecified atom stereocenters. The lowest BCUT2D eigenvalue weighted by molar-refractivity contribution is -0.132. The third-order valence-corrected chi connectivity index (χ3v) is 5.69. The Morgan fingerprint density at radius 2 is 1.86 bits per heavy atom. The minimum Gasteiger partial charge on any atom is -0.479 e. The summed E-state index contributed by atoms with van der Waals surface area (Å²) in [6.45, 7) is 5.37. The second kappa shape index (κ2) is 13.9. The lowest BCUT2D eigenvalue weighted by Crippen LogP contribution is -2.49. The molecule has 0 saturated heterocycles. The molecule has 0 aliphatic heterocycles. The van der Waals surface area contributed by atoms with Crippen LogP contribution >= 0.6 is 39.1 Å². The largest absolute Gasteiger partial charge is 0.479 e. The zero-order valence-electron chi connectivity index (χ0n) is 19.3. The van der Waals surface area contributed by atoms with Crippen molar-refractivity contribution in [2.75, 3.05) is 6.61 Å². The van der Waals surface area contributed by atoms with Gasteiger partial charge in [0.25, 0.3) is 11.8 Å². The smallest absolute Gasteiger partial charge is 0.262 e. The Bertz CT molecular complexity index is 1120. The fourth-order valence-corrected chi connectivity index (χ4v) is 3.84. The Balaban J connectivity index is 2.00. The van der Waals surface area contributed by atoms with Crippen LogP contribution in [0.5, 0.6) is 11.5 Å². The molecule has 2 atom stereocenters. The van der Waals surface area contributed by atoms with Crippen molar-refractivity contribution >= 4 is 57.2 Å². The van der Waals surface area contributed by atoms with Gasteiger partial charge in [0.1, 0.15) is 23.6 Å². The number of benzene rings is 2. The van der Waals surface area contributed by atoms with Crippen molar-refractivity contribution in [2.45, 2.75) is 39.3 Å². The van der Waals surface area contributed by atoms with E-state index in [9.17, 15) is 9.59 Å². The Labute approximate surface area is 222 Å². The topological polar surface area (TPSA) is 113 Å². The first kappa shape index (κ1) is 28.4. The van der Waals surface area contributed by atoms with E-state index in [0.29, 0.717) is 33.0 Å². The molecule has 0 saturated carbocycles. The van der Waals surface area contributed by atoms with Crippen molar-refractivity contribution < 1.29 is 19.1 Å².